The second-order valence-electron chi connectivity index (χ2n) is 4.57. The van der Waals surface area contributed by atoms with Gasteiger partial charge in [0.25, 0.3) is 0 Å². The van der Waals surface area contributed by atoms with Crippen LogP contribution in [0.3, 0.4) is 0 Å². The molecular formula is C13H16N2O3S. The van der Waals surface area contributed by atoms with Crippen molar-refractivity contribution < 1.29 is 14.3 Å². The predicted molar refractivity (Wildman–Crippen MR) is 76.4 cm³/mol. The van der Waals surface area contributed by atoms with Crippen LogP contribution < -0.4 is 20.5 Å². The molecule has 0 aliphatic carbocycles. The topological polar surface area (TPSA) is 73.6 Å². The molecule has 1 heterocycles. The van der Waals surface area contributed by atoms with E-state index in [-0.39, 0.29) is 17.7 Å². The first kappa shape index (κ1) is 13.6. The number of nitrogens with two attached hydrogens (primary N) is 1. The molecule has 0 radical (unpaired) electrons. The monoisotopic (exact) mass is 280 g/mol. The number of nitrogens with one attached hydrogen (secondary N) is 1. The van der Waals surface area contributed by atoms with Crippen LogP contribution in [0, 0.1) is 5.41 Å². The molecule has 1 aliphatic heterocycles. The lowest BCUT2D eigenvalue weighted by atomic mass is 9.86. The molecule has 19 heavy (non-hydrogen) atoms. The van der Waals surface area contributed by atoms with Gasteiger partial charge in [0.1, 0.15) is 0 Å². The first-order chi connectivity index (χ1) is 8.97. The number of carbonyl (C=O) groups is 1. The number of benzene rings is 1. The molecule has 1 aliphatic rings. The maximum Gasteiger partial charge on any atom is 0.237 e. The van der Waals surface area contributed by atoms with Crippen LogP contribution in [-0.4, -0.2) is 17.7 Å². The molecule has 1 aromatic rings. The van der Waals surface area contributed by atoms with Crippen LogP contribution in [0.25, 0.3) is 0 Å². The molecule has 1 aromatic carbocycles. The van der Waals surface area contributed by atoms with E-state index in [1.165, 1.54) is 0 Å². The molecule has 0 saturated carbocycles. The van der Waals surface area contributed by atoms with Gasteiger partial charge in [0.05, 0.1) is 10.4 Å². The molecule has 0 fully saturated rings. The Morgan fingerprint density at radius 1 is 1.47 bits per heavy atom. The molecule has 0 saturated heterocycles. The van der Waals surface area contributed by atoms with Gasteiger partial charge in [-0.2, -0.15) is 0 Å². The summed E-state index contributed by atoms with van der Waals surface area (Å²) in [5.74, 6) is 1.07. The van der Waals surface area contributed by atoms with E-state index in [2.05, 4.69) is 5.32 Å². The van der Waals surface area contributed by atoms with Crippen LogP contribution in [0.5, 0.6) is 11.5 Å². The van der Waals surface area contributed by atoms with Crippen molar-refractivity contribution in [2.45, 2.75) is 20.3 Å². The van der Waals surface area contributed by atoms with Crippen LogP contribution >= 0.6 is 12.2 Å². The maximum atomic E-state index is 12.3. The third-order valence-electron chi connectivity index (χ3n) is 3.38. The van der Waals surface area contributed by atoms with E-state index >= 15 is 0 Å². The molecule has 1 amide bonds. The van der Waals surface area contributed by atoms with E-state index in [4.69, 9.17) is 27.4 Å². The Bertz CT molecular complexity index is 533. The van der Waals surface area contributed by atoms with Crippen molar-refractivity contribution in [1.29, 1.82) is 0 Å². The number of rotatable bonds is 4. The molecule has 1 unspecified atom stereocenters. The van der Waals surface area contributed by atoms with Gasteiger partial charge < -0.3 is 20.5 Å². The van der Waals surface area contributed by atoms with E-state index < -0.39 is 5.41 Å². The fraction of sp³-hybridized carbons (Fsp3) is 0.385. The summed E-state index contributed by atoms with van der Waals surface area (Å²) in [5.41, 5.74) is 5.43. The number of amides is 1. The molecule has 5 nitrogen and oxygen atoms in total. The summed E-state index contributed by atoms with van der Waals surface area (Å²) < 4.78 is 10.5. The number of hydrogen-bond donors (Lipinski definition) is 2. The second-order valence-corrected chi connectivity index (χ2v) is 5.01. The molecule has 3 N–H and O–H groups in total. The van der Waals surface area contributed by atoms with Crippen molar-refractivity contribution in [2.75, 3.05) is 12.1 Å². The quantitative estimate of drug-likeness (QED) is 0.826. The average Bonchev–Trinajstić information content (AvgIpc) is 2.84. The zero-order valence-corrected chi connectivity index (χ0v) is 11.7. The van der Waals surface area contributed by atoms with Gasteiger partial charge >= 0.3 is 0 Å². The number of carbonyl (C=O) groups excluding carboxylic acids is 1. The first-order valence-electron chi connectivity index (χ1n) is 5.98. The lowest BCUT2D eigenvalue weighted by Crippen LogP contribution is -2.43. The molecule has 0 aromatic heterocycles. The molecular weight excluding hydrogens is 264 g/mol. The van der Waals surface area contributed by atoms with E-state index in [0.29, 0.717) is 23.6 Å². The van der Waals surface area contributed by atoms with Crippen LogP contribution in [0.2, 0.25) is 0 Å². The van der Waals surface area contributed by atoms with Crippen LogP contribution in [0.1, 0.15) is 20.3 Å². The van der Waals surface area contributed by atoms with Gasteiger partial charge in [-0.3, -0.25) is 4.79 Å². The van der Waals surface area contributed by atoms with Crippen molar-refractivity contribution >= 4 is 28.8 Å². The number of fused-ring (bicyclic) bond motifs is 1. The van der Waals surface area contributed by atoms with Crippen molar-refractivity contribution in [3.63, 3.8) is 0 Å². The minimum atomic E-state index is -0.855. The fourth-order valence-corrected chi connectivity index (χ4v) is 1.93. The molecule has 2 rings (SSSR count). The average molecular weight is 280 g/mol. The van der Waals surface area contributed by atoms with E-state index in [0.717, 1.165) is 0 Å². The highest BCUT2D eigenvalue weighted by Gasteiger charge is 2.34. The Hall–Kier alpha value is -1.82. The summed E-state index contributed by atoms with van der Waals surface area (Å²) in [7, 11) is 0. The highest BCUT2D eigenvalue weighted by atomic mass is 32.1. The van der Waals surface area contributed by atoms with Crippen LogP contribution in [0.15, 0.2) is 18.2 Å². The van der Waals surface area contributed by atoms with Crippen LogP contribution in [0.4, 0.5) is 5.69 Å². The Morgan fingerprint density at radius 3 is 2.79 bits per heavy atom. The summed E-state index contributed by atoms with van der Waals surface area (Å²) in [4.78, 5) is 12.4. The van der Waals surface area contributed by atoms with Crippen molar-refractivity contribution in [3.8, 4) is 11.5 Å². The Balaban J connectivity index is 2.17. The molecule has 6 heteroatoms. The van der Waals surface area contributed by atoms with Crippen molar-refractivity contribution in [3.05, 3.63) is 18.2 Å². The van der Waals surface area contributed by atoms with E-state index in [1.54, 1.807) is 25.1 Å². The standard InChI is InChI=1S/C13H16N2O3S/c1-3-13(2,11(14)19)12(16)15-8-4-5-9-10(6-8)18-7-17-9/h4-6H,3,7H2,1-2H3,(H2,14,19)(H,15,16). The number of anilines is 1. The van der Waals surface area contributed by atoms with Crippen LogP contribution in [-0.2, 0) is 4.79 Å². The number of thiocarbonyl (C=S) groups is 1. The highest BCUT2D eigenvalue weighted by molar-refractivity contribution is 7.80. The predicted octanol–water partition coefficient (Wildman–Crippen LogP) is 2.06. The molecule has 102 valence electrons. The first-order valence-corrected chi connectivity index (χ1v) is 6.39. The van der Waals surface area contributed by atoms with E-state index in [1.807, 2.05) is 6.92 Å². The summed E-state index contributed by atoms with van der Waals surface area (Å²) in [6.45, 7) is 3.81. The lowest BCUT2D eigenvalue weighted by molar-refractivity contribution is -0.121. The SMILES string of the molecule is CCC(C)(C(=O)Nc1ccc2c(c1)OCO2)C(N)=S. The normalized spacial score (nSPS) is 15.7. The third kappa shape index (κ3) is 2.49. The van der Waals surface area contributed by atoms with E-state index in [9.17, 15) is 4.79 Å². The Morgan fingerprint density at radius 2 is 2.16 bits per heavy atom. The second kappa shape index (κ2) is 5.05. The smallest absolute Gasteiger partial charge is 0.237 e. The minimum absolute atomic E-state index is 0.188. The Labute approximate surface area is 117 Å². The van der Waals surface area contributed by atoms with Crippen molar-refractivity contribution in [2.24, 2.45) is 11.1 Å². The third-order valence-corrected chi connectivity index (χ3v) is 3.83. The van der Waals surface area contributed by atoms with Gasteiger partial charge in [0.15, 0.2) is 11.5 Å². The van der Waals surface area contributed by atoms with Gasteiger partial charge in [-0.15, -0.1) is 0 Å². The largest absolute Gasteiger partial charge is 0.454 e. The molecule has 1 atom stereocenters. The zero-order valence-electron chi connectivity index (χ0n) is 10.9. The zero-order chi connectivity index (χ0) is 14.0. The summed E-state index contributed by atoms with van der Waals surface area (Å²) in [6.07, 6.45) is 0.540. The van der Waals surface area contributed by atoms with Gasteiger partial charge in [-0.25, -0.2) is 0 Å². The summed E-state index contributed by atoms with van der Waals surface area (Å²) >= 11 is 4.97. The summed E-state index contributed by atoms with van der Waals surface area (Å²) in [6, 6.07) is 5.22. The number of ether oxygens (including phenoxy) is 2. The molecule has 0 bridgehead atoms. The fourth-order valence-electron chi connectivity index (χ4n) is 1.69. The van der Waals surface area contributed by atoms with Crippen molar-refractivity contribution in [1.82, 2.24) is 0 Å². The van der Waals surface area contributed by atoms with Gasteiger partial charge in [0, 0.05) is 11.8 Å². The van der Waals surface area contributed by atoms with Gasteiger partial charge in [0.2, 0.25) is 12.7 Å². The Kier molecular flexibility index (Phi) is 3.61. The summed E-state index contributed by atoms with van der Waals surface area (Å²) in [5, 5.41) is 2.80. The molecule has 0 spiro atoms. The highest BCUT2D eigenvalue weighted by Crippen LogP contribution is 2.35. The maximum absolute atomic E-state index is 12.3. The van der Waals surface area contributed by atoms with Gasteiger partial charge in [-0.1, -0.05) is 19.1 Å². The lowest BCUT2D eigenvalue weighted by Gasteiger charge is -2.25. The number of hydrogen-bond acceptors (Lipinski definition) is 4. The van der Waals surface area contributed by atoms with Gasteiger partial charge in [-0.05, 0) is 25.5 Å². The minimum Gasteiger partial charge on any atom is -0.454 e.